The molecule has 0 atom stereocenters. The molecule has 90 valence electrons. The average molecular weight is 239 g/mol. The van der Waals surface area contributed by atoms with Crippen LogP contribution in [0.25, 0.3) is 0 Å². The first-order valence-electron chi connectivity index (χ1n) is 4.96. The number of rotatable bonds is 3. The van der Waals surface area contributed by atoms with E-state index in [0.29, 0.717) is 12.8 Å². The van der Waals surface area contributed by atoms with Crippen LogP contribution >= 0.6 is 0 Å². The van der Waals surface area contributed by atoms with E-state index in [-0.39, 0.29) is 5.69 Å². The number of nitro benzene ring substituents is 1. The third-order valence-corrected chi connectivity index (χ3v) is 2.59. The topological polar surface area (TPSA) is 98.3 Å². The maximum atomic E-state index is 13.1. The van der Waals surface area contributed by atoms with Crippen LogP contribution in [0.5, 0.6) is 0 Å². The van der Waals surface area contributed by atoms with Crippen LogP contribution in [0.2, 0.25) is 0 Å². The third-order valence-electron chi connectivity index (χ3n) is 2.59. The maximum Gasteiger partial charge on any atom is 0.274 e. The molecule has 1 aliphatic rings. The molecule has 3 N–H and O–H groups in total. The zero-order chi connectivity index (χ0) is 12.6. The number of anilines is 1. The molecular weight excluding hydrogens is 229 g/mol. The second kappa shape index (κ2) is 3.77. The third kappa shape index (κ3) is 2.39. The molecular formula is C10H10FN3O3. The number of nitrogens with zero attached hydrogens (tertiary/aromatic N) is 1. The van der Waals surface area contributed by atoms with Crippen molar-refractivity contribution in [1.82, 2.24) is 0 Å². The summed E-state index contributed by atoms with van der Waals surface area (Å²) in [4.78, 5) is 21.3. The molecule has 0 spiro atoms. The summed E-state index contributed by atoms with van der Waals surface area (Å²) in [6.45, 7) is 0. The minimum atomic E-state index is -0.902. The smallest absolute Gasteiger partial charge is 0.274 e. The number of benzene rings is 1. The quantitative estimate of drug-likeness (QED) is 0.610. The molecule has 0 aromatic heterocycles. The summed E-state index contributed by atoms with van der Waals surface area (Å²) in [6.07, 6.45) is 1.13. The van der Waals surface area contributed by atoms with Crippen molar-refractivity contribution in [2.75, 3.05) is 5.32 Å². The Morgan fingerprint density at radius 3 is 2.65 bits per heavy atom. The highest BCUT2D eigenvalue weighted by Gasteiger charge is 2.46. The van der Waals surface area contributed by atoms with Crippen molar-refractivity contribution in [2.45, 2.75) is 18.4 Å². The molecule has 17 heavy (non-hydrogen) atoms. The highest BCUT2D eigenvalue weighted by Crippen LogP contribution is 2.33. The molecule has 1 fully saturated rings. The number of hydrogen-bond donors (Lipinski definition) is 2. The molecule has 1 aromatic carbocycles. The van der Waals surface area contributed by atoms with Gasteiger partial charge in [0.05, 0.1) is 22.2 Å². The number of halogens is 1. The predicted octanol–water partition coefficient (Wildman–Crippen LogP) is 1.16. The molecule has 2 rings (SSSR count). The van der Waals surface area contributed by atoms with Crippen LogP contribution in [0.4, 0.5) is 15.8 Å². The predicted molar refractivity (Wildman–Crippen MR) is 57.8 cm³/mol. The standard InChI is InChI=1S/C10H10FN3O3/c11-6-3-7(5-8(4-6)14(16)17)13-9(15)10(12)1-2-10/h3-5H,1-2,12H2,(H,13,15). The summed E-state index contributed by atoms with van der Waals surface area (Å²) < 4.78 is 13.1. The van der Waals surface area contributed by atoms with Gasteiger partial charge in [-0.25, -0.2) is 4.39 Å². The second-order valence-electron chi connectivity index (χ2n) is 4.07. The molecule has 0 bridgehead atoms. The van der Waals surface area contributed by atoms with Gasteiger partial charge >= 0.3 is 0 Å². The molecule has 1 aliphatic carbocycles. The Balaban J connectivity index is 2.21. The number of nitrogens with two attached hydrogens (primary N) is 1. The van der Waals surface area contributed by atoms with Crippen LogP contribution in [-0.2, 0) is 4.79 Å². The average Bonchev–Trinajstić information content (AvgIpc) is 2.97. The van der Waals surface area contributed by atoms with Crippen LogP contribution < -0.4 is 11.1 Å². The summed E-state index contributed by atoms with van der Waals surface area (Å²) >= 11 is 0. The van der Waals surface area contributed by atoms with E-state index in [9.17, 15) is 19.3 Å². The zero-order valence-electron chi connectivity index (χ0n) is 8.77. The van der Waals surface area contributed by atoms with E-state index in [1.54, 1.807) is 0 Å². The van der Waals surface area contributed by atoms with Gasteiger partial charge < -0.3 is 11.1 Å². The fraction of sp³-hybridized carbons (Fsp3) is 0.300. The Morgan fingerprint density at radius 1 is 1.47 bits per heavy atom. The van der Waals surface area contributed by atoms with Crippen molar-refractivity contribution in [2.24, 2.45) is 5.73 Å². The Hall–Kier alpha value is -2.02. The van der Waals surface area contributed by atoms with Gasteiger partial charge in [-0.2, -0.15) is 0 Å². The van der Waals surface area contributed by atoms with E-state index in [4.69, 9.17) is 5.73 Å². The minimum Gasteiger partial charge on any atom is -0.324 e. The molecule has 0 unspecified atom stereocenters. The van der Waals surface area contributed by atoms with Crippen molar-refractivity contribution < 1.29 is 14.1 Å². The Bertz CT molecular complexity index is 500. The van der Waals surface area contributed by atoms with E-state index >= 15 is 0 Å². The number of carbonyl (C=O) groups excluding carboxylic acids is 1. The van der Waals surface area contributed by atoms with E-state index in [2.05, 4.69) is 5.32 Å². The number of nitrogens with one attached hydrogen (secondary N) is 1. The number of non-ortho nitro benzene ring substituents is 1. The summed E-state index contributed by atoms with van der Waals surface area (Å²) in [7, 11) is 0. The molecule has 1 saturated carbocycles. The summed E-state index contributed by atoms with van der Waals surface area (Å²) in [5.41, 5.74) is 4.36. The summed E-state index contributed by atoms with van der Waals surface area (Å²) in [5, 5.41) is 12.9. The molecule has 0 radical (unpaired) electrons. The van der Waals surface area contributed by atoms with Crippen LogP contribution in [0, 0.1) is 15.9 Å². The lowest BCUT2D eigenvalue weighted by atomic mass is 10.2. The van der Waals surface area contributed by atoms with Crippen molar-refractivity contribution in [3.63, 3.8) is 0 Å². The first-order valence-corrected chi connectivity index (χ1v) is 4.96. The SMILES string of the molecule is NC1(C(=O)Nc2cc(F)cc([N+](=O)[O-])c2)CC1. The van der Waals surface area contributed by atoms with Gasteiger partial charge in [-0.15, -0.1) is 0 Å². The molecule has 6 nitrogen and oxygen atoms in total. The van der Waals surface area contributed by atoms with E-state index in [0.717, 1.165) is 18.2 Å². The normalized spacial score (nSPS) is 16.4. The molecule has 1 amide bonds. The highest BCUT2D eigenvalue weighted by molar-refractivity contribution is 6.00. The van der Waals surface area contributed by atoms with Gasteiger partial charge in [-0.05, 0) is 18.9 Å². The fourth-order valence-electron chi connectivity index (χ4n) is 1.37. The Labute approximate surface area is 95.8 Å². The number of amides is 1. The molecule has 7 heteroatoms. The lowest BCUT2D eigenvalue weighted by Crippen LogP contribution is -2.37. The van der Waals surface area contributed by atoms with Crippen molar-refractivity contribution in [3.8, 4) is 0 Å². The van der Waals surface area contributed by atoms with E-state index in [1.165, 1.54) is 0 Å². The number of nitro groups is 1. The van der Waals surface area contributed by atoms with Gasteiger partial charge in [0.15, 0.2) is 0 Å². The highest BCUT2D eigenvalue weighted by atomic mass is 19.1. The Kier molecular flexibility index (Phi) is 2.55. The lowest BCUT2D eigenvalue weighted by molar-refractivity contribution is -0.385. The van der Waals surface area contributed by atoms with Crippen LogP contribution in [0.3, 0.4) is 0 Å². The van der Waals surface area contributed by atoms with Gasteiger partial charge in [-0.3, -0.25) is 14.9 Å². The van der Waals surface area contributed by atoms with Crippen molar-refractivity contribution >= 4 is 17.3 Å². The largest absolute Gasteiger partial charge is 0.324 e. The van der Waals surface area contributed by atoms with Crippen LogP contribution in [0.15, 0.2) is 18.2 Å². The molecule has 0 heterocycles. The van der Waals surface area contributed by atoms with Gasteiger partial charge in [0.2, 0.25) is 5.91 Å². The first kappa shape index (κ1) is 11.5. The van der Waals surface area contributed by atoms with Crippen molar-refractivity contribution in [1.29, 1.82) is 0 Å². The van der Waals surface area contributed by atoms with E-state index < -0.39 is 27.9 Å². The first-order chi connectivity index (χ1) is 7.90. The zero-order valence-corrected chi connectivity index (χ0v) is 8.77. The van der Waals surface area contributed by atoms with E-state index in [1.807, 2.05) is 0 Å². The minimum absolute atomic E-state index is 0.0402. The summed E-state index contributed by atoms with van der Waals surface area (Å²) in [6, 6.07) is 2.88. The van der Waals surface area contributed by atoms with Crippen LogP contribution in [0.1, 0.15) is 12.8 Å². The molecule has 0 aliphatic heterocycles. The van der Waals surface area contributed by atoms with Gasteiger partial charge in [-0.1, -0.05) is 0 Å². The number of carbonyl (C=O) groups is 1. The molecule has 1 aromatic rings. The Morgan fingerprint density at radius 2 is 2.12 bits per heavy atom. The van der Waals surface area contributed by atoms with Gasteiger partial charge in [0.1, 0.15) is 5.82 Å². The van der Waals surface area contributed by atoms with Gasteiger partial charge in [0.25, 0.3) is 5.69 Å². The summed E-state index contributed by atoms with van der Waals surface area (Å²) in [5.74, 6) is -1.23. The van der Waals surface area contributed by atoms with Crippen molar-refractivity contribution in [3.05, 3.63) is 34.1 Å². The molecule has 0 saturated heterocycles. The maximum absolute atomic E-state index is 13.1. The number of hydrogen-bond acceptors (Lipinski definition) is 4. The lowest BCUT2D eigenvalue weighted by Gasteiger charge is -2.09. The second-order valence-corrected chi connectivity index (χ2v) is 4.07. The van der Waals surface area contributed by atoms with Gasteiger partial charge in [0, 0.05) is 6.07 Å². The monoisotopic (exact) mass is 239 g/mol. The van der Waals surface area contributed by atoms with Crippen LogP contribution in [-0.4, -0.2) is 16.4 Å². The fourth-order valence-corrected chi connectivity index (χ4v) is 1.37.